The summed E-state index contributed by atoms with van der Waals surface area (Å²) in [5.74, 6) is -0.222. The highest BCUT2D eigenvalue weighted by molar-refractivity contribution is 5.73. The number of hydrogen-bond acceptors (Lipinski definition) is 5. The minimum Gasteiger partial charge on any atom is -0.394 e. The number of nitrogens with one attached hydrogen (secondary N) is 1. The second-order valence-electron chi connectivity index (χ2n) is 3.96. The van der Waals surface area contributed by atoms with Gasteiger partial charge in [0.15, 0.2) is 6.29 Å². The van der Waals surface area contributed by atoms with E-state index in [0.717, 1.165) is 0 Å². The molecule has 3 N–H and O–H groups in total. The van der Waals surface area contributed by atoms with Crippen molar-refractivity contribution in [3.63, 3.8) is 0 Å². The van der Waals surface area contributed by atoms with Gasteiger partial charge >= 0.3 is 0 Å². The Balaban J connectivity index is 2.63. The zero-order chi connectivity index (χ0) is 12.8. The van der Waals surface area contributed by atoms with Crippen LogP contribution in [0.5, 0.6) is 0 Å². The maximum atomic E-state index is 11.0. The van der Waals surface area contributed by atoms with Crippen LogP contribution in [0, 0.1) is 0 Å². The number of ether oxygens (including phenoxy) is 2. The monoisotopic (exact) mass is 245 g/mol. The van der Waals surface area contributed by atoms with Crippen molar-refractivity contribution in [2.45, 2.75) is 37.9 Å². The van der Waals surface area contributed by atoms with E-state index in [0.29, 0.717) is 0 Å². The van der Waals surface area contributed by atoms with Gasteiger partial charge in [-0.05, 0) is 0 Å². The molecule has 6 heteroatoms. The largest absolute Gasteiger partial charge is 0.394 e. The molecule has 6 nitrogen and oxygen atoms in total. The average Bonchev–Trinajstić information content (AvgIpc) is 2.27. The van der Waals surface area contributed by atoms with Gasteiger partial charge in [0.05, 0.1) is 25.4 Å². The smallest absolute Gasteiger partial charge is 0.217 e. The van der Waals surface area contributed by atoms with Crippen molar-refractivity contribution in [3.8, 4) is 0 Å². The predicted octanol–water partition coefficient (Wildman–Crippen LogP) is -0.838. The Labute approximate surface area is 100 Å². The first-order valence-electron chi connectivity index (χ1n) is 5.52. The van der Waals surface area contributed by atoms with Crippen molar-refractivity contribution in [3.05, 3.63) is 12.7 Å². The second-order valence-corrected chi connectivity index (χ2v) is 3.96. The molecule has 0 aromatic rings. The van der Waals surface area contributed by atoms with Crippen molar-refractivity contribution in [1.82, 2.24) is 5.32 Å². The van der Waals surface area contributed by atoms with E-state index in [-0.39, 0.29) is 25.5 Å². The molecule has 0 bridgehead atoms. The van der Waals surface area contributed by atoms with E-state index in [4.69, 9.17) is 14.6 Å². The standard InChI is InChI=1S/C11H19NO5/c1-3-4-16-11-8(12-7(2)14)5-9(15)10(6-13)17-11/h3,8-11,13,15H,1,4-6H2,2H3,(H,12,14)/t8-,9+,10-,11-/m1/s1. The minimum atomic E-state index is -0.819. The van der Waals surface area contributed by atoms with Gasteiger partial charge in [0, 0.05) is 13.3 Å². The summed E-state index contributed by atoms with van der Waals surface area (Å²) in [4.78, 5) is 11.0. The lowest BCUT2D eigenvalue weighted by Gasteiger charge is -2.38. The summed E-state index contributed by atoms with van der Waals surface area (Å²) in [5, 5.41) is 21.4. The van der Waals surface area contributed by atoms with E-state index in [1.807, 2.05) is 0 Å². The van der Waals surface area contributed by atoms with Crippen LogP contribution in [0.1, 0.15) is 13.3 Å². The van der Waals surface area contributed by atoms with Gasteiger partial charge in [-0.2, -0.15) is 0 Å². The van der Waals surface area contributed by atoms with Gasteiger partial charge in [0.2, 0.25) is 5.91 Å². The van der Waals surface area contributed by atoms with Gasteiger partial charge in [-0.3, -0.25) is 4.79 Å². The average molecular weight is 245 g/mol. The van der Waals surface area contributed by atoms with E-state index >= 15 is 0 Å². The maximum Gasteiger partial charge on any atom is 0.217 e. The summed E-state index contributed by atoms with van der Waals surface area (Å²) >= 11 is 0. The van der Waals surface area contributed by atoms with Crippen LogP contribution in [-0.2, 0) is 14.3 Å². The van der Waals surface area contributed by atoms with Crippen LogP contribution in [0.4, 0.5) is 0 Å². The zero-order valence-electron chi connectivity index (χ0n) is 9.83. The lowest BCUT2D eigenvalue weighted by molar-refractivity contribution is -0.238. The Morgan fingerprint density at radius 2 is 2.41 bits per heavy atom. The van der Waals surface area contributed by atoms with Crippen LogP contribution >= 0.6 is 0 Å². The first kappa shape index (κ1) is 14.1. The fourth-order valence-electron chi connectivity index (χ4n) is 1.75. The molecule has 17 heavy (non-hydrogen) atoms. The molecule has 0 unspecified atom stereocenters. The second kappa shape index (κ2) is 6.70. The molecule has 1 heterocycles. The van der Waals surface area contributed by atoms with Crippen molar-refractivity contribution >= 4 is 5.91 Å². The van der Waals surface area contributed by atoms with Crippen molar-refractivity contribution in [2.24, 2.45) is 0 Å². The highest BCUT2D eigenvalue weighted by Crippen LogP contribution is 2.21. The summed E-state index contributed by atoms with van der Waals surface area (Å²) in [6.07, 6.45) is -0.340. The maximum absolute atomic E-state index is 11.0. The molecule has 1 amide bonds. The van der Waals surface area contributed by atoms with Crippen LogP contribution < -0.4 is 5.32 Å². The van der Waals surface area contributed by atoms with Crippen LogP contribution in [-0.4, -0.2) is 53.9 Å². The summed E-state index contributed by atoms with van der Waals surface area (Å²) in [7, 11) is 0. The lowest BCUT2D eigenvalue weighted by atomic mass is 10.0. The molecular formula is C11H19NO5. The van der Waals surface area contributed by atoms with E-state index in [9.17, 15) is 9.90 Å². The Morgan fingerprint density at radius 3 is 2.94 bits per heavy atom. The zero-order valence-corrected chi connectivity index (χ0v) is 9.83. The Bertz CT molecular complexity index is 271. The number of rotatable bonds is 5. The number of hydrogen-bond donors (Lipinski definition) is 3. The Kier molecular flexibility index (Phi) is 5.57. The van der Waals surface area contributed by atoms with Crippen LogP contribution in [0.2, 0.25) is 0 Å². The number of carbonyl (C=O) groups excluding carboxylic acids is 1. The van der Waals surface area contributed by atoms with Crippen LogP contribution in [0.15, 0.2) is 12.7 Å². The molecule has 1 rings (SSSR count). The third kappa shape index (κ3) is 4.08. The minimum absolute atomic E-state index is 0.222. The molecular weight excluding hydrogens is 226 g/mol. The van der Waals surface area contributed by atoms with E-state index in [1.165, 1.54) is 6.92 Å². The third-order valence-electron chi connectivity index (χ3n) is 2.51. The first-order chi connectivity index (χ1) is 8.08. The van der Waals surface area contributed by atoms with Gasteiger partial charge < -0.3 is 25.0 Å². The van der Waals surface area contributed by atoms with Gasteiger partial charge in [0.1, 0.15) is 6.10 Å². The van der Waals surface area contributed by atoms with E-state index < -0.39 is 24.5 Å². The van der Waals surface area contributed by atoms with Crippen molar-refractivity contribution in [2.75, 3.05) is 13.2 Å². The number of amides is 1. The summed E-state index contributed by atoms with van der Waals surface area (Å²) in [6.45, 7) is 4.89. The molecule has 4 atom stereocenters. The van der Waals surface area contributed by atoms with Gasteiger partial charge in [0.25, 0.3) is 0 Å². The van der Waals surface area contributed by atoms with Gasteiger partial charge in [-0.25, -0.2) is 0 Å². The molecule has 98 valence electrons. The van der Waals surface area contributed by atoms with Crippen molar-refractivity contribution in [1.29, 1.82) is 0 Å². The molecule has 0 aromatic carbocycles. The summed E-state index contributed by atoms with van der Waals surface area (Å²) < 4.78 is 10.7. The fraction of sp³-hybridized carbons (Fsp3) is 0.727. The number of aliphatic hydroxyl groups excluding tert-OH is 2. The predicted molar refractivity (Wildman–Crippen MR) is 60.1 cm³/mol. The third-order valence-corrected chi connectivity index (χ3v) is 2.51. The Hall–Kier alpha value is -0.950. The SMILES string of the molecule is C=CCO[C@@H]1O[C@H](CO)[C@@H](O)C[C@H]1NC(C)=O. The molecule has 1 saturated heterocycles. The molecule has 0 spiro atoms. The fourth-order valence-corrected chi connectivity index (χ4v) is 1.75. The molecule has 0 radical (unpaired) electrons. The molecule has 1 fully saturated rings. The van der Waals surface area contributed by atoms with Crippen LogP contribution in [0.3, 0.4) is 0 Å². The van der Waals surface area contributed by atoms with Crippen LogP contribution in [0.25, 0.3) is 0 Å². The molecule has 1 aliphatic heterocycles. The molecule has 0 aliphatic carbocycles. The Morgan fingerprint density at radius 1 is 1.71 bits per heavy atom. The highest BCUT2D eigenvalue weighted by Gasteiger charge is 2.37. The van der Waals surface area contributed by atoms with E-state index in [2.05, 4.69) is 11.9 Å². The van der Waals surface area contributed by atoms with E-state index in [1.54, 1.807) is 6.08 Å². The van der Waals surface area contributed by atoms with Crippen molar-refractivity contribution < 1.29 is 24.5 Å². The quantitative estimate of drug-likeness (QED) is 0.550. The number of carbonyl (C=O) groups is 1. The van der Waals surface area contributed by atoms with Gasteiger partial charge in [-0.1, -0.05) is 6.08 Å². The highest BCUT2D eigenvalue weighted by atomic mass is 16.7. The number of aliphatic hydroxyl groups is 2. The lowest BCUT2D eigenvalue weighted by Crippen LogP contribution is -2.56. The first-order valence-corrected chi connectivity index (χ1v) is 5.52. The molecule has 0 saturated carbocycles. The van der Waals surface area contributed by atoms with Gasteiger partial charge in [-0.15, -0.1) is 6.58 Å². The summed E-state index contributed by atoms with van der Waals surface area (Å²) in [5.41, 5.74) is 0. The normalized spacial score (nSPS) is 33.1. The molecule has 1 aliphatic rings. The summed E-state index contributed by atoms with van der Waals surface area (Å²) in [6, 6.07) is -0.426. The molecule has 0 aromatic heterocycles. The topological polar surface area (TPSA) is 88.0 Å².